The molecular formula is C32H40CoN6O12S2. The molecule has 1 radical (unpaired) electrons. The summed E-state index contributed by atoms with van der Waals surface area (Å²) < 4.78 is 62.1. The van der Waals surface area contributed by atoms with Crippen LogP contribution in [0, 0.1) is 0 Å². The Kier molecular flexibility index (Phi) is 30.5. The predicted octanol–water partition coefficient (Wildman–Crippen LogP) is -0.318. The van der Waals surface area contributed by atoms with Gasteiger partial charge in [-0.1, -0.05) is 0 Å². The van der Waals surface area contributed by atoms with Crippen LogP contribution in [0.4, 0.5) is 11.4 Å². The third-order valence-electron chi connectivity index (χ3n) is 5.73. The van der Waals surface area contributed by atoms with E-state index < -0.39 is 20.2 Å². The molecule has 0 saturated carbocycles. The maximum Gasteiger partial charge on any atom is 2.00 e. The zero-order valence-corrected chi connectivity index (χ0v) is 30.1. The standard InChI is InChI=1S/2C10H8N2.2C6H7NO3S.Co.6H2O/c2*1-5-11-6-2-9(1)10-3-7-12-8-4-10;2*7-5-1-3-6(4-2-5)11(8,9)10;;;;;;;/h2*1-8H;2*1-4H,7H2,(H,8,9,10);;6*1H2/q;;;;+2;;;;;;/p-2. The van der Waals surface area contributed by atoms with Gasteiger partial charge in [-0.05, 0) is 119 Å². The van der Waals surface area contributed by atoms with Gasteiger partial charge >= 0.3 is 16.8 Å². The van der Waals surface area contributed by atoms with Crippen LogP contribution in [-0.4, -0.2) is 78.7 Å². The molecule has 4 aromatic heterocycles. The van der Waals surface area contributed by atoms with Crippen LogP contribution >= 0.6 is 0 Å². The number of pyridine rings is 4. The fourth-order valence-electron chi connectivity index (χ4n) is 3.45. The van der Waals surface area contributed by atoms with Crippen molar-refractivity contribution in [3.05, 3.63) is 147 Å². The van der Waals surface area contributed by atoms with E-state index in [9.17, 15) is 25.9 Å². The summed E-state index contributed by atoms with van der Waals surface area (Å²) in [5, 5.41) is 0. The van der Waals surface area contributed by atoms with Gasteiger partial charge in [0.15, 0.2) is 0 Å². The van der Waals surface area contributed by atoms with Crippen molar-refractivity contribution in [3.63, 3.8) is 0 Å². The summed E-state index contributed by atoms with van der Waals surface area (Å²) in [4.78, 5) is 15.3. The van der Waals surface area contributed by atoms with Crippen LogP contribution in [0.5, 0.6) is 0 Å². The molecule has 0 bridgehead atoms. The van der Waals surface area contributed by atoms with E-state index in [0.29, 0.717) is 11.4 Å². The molecule has 0 spiro atoms. The second-order valence-electron chi connectivity index (χ2n) is 8.99. The van der Waals surface area contributed by atoms with Crippen LogP contribution in [0.3, 0.4) is 0 Å². The number of anilines is 2. The van der Waals surface area contributed by atoms with Crippen molar-refractivity contribution in [1.82, 2.24) is 19.9 Å². The van der Waals surface area contributed by atoms with E-state index in [2.05, 4.69) is 19.9 Å². The van der Waals surface area contributed by atoms with E-state index in [1.165, 1.54) is 70.8 Å². The van der Waals surface area contributed by atoms with Gasteiger partial charge in [0.25, 0.3) is 0 Å². The molecule has 0 aliphatic heterocycles. The summed E-state index contributed by atoms with van der Waals surface area (Å²) in [6, 6.07) is 26.0. The minimum atomic E-state index is -4.33. The zero-order chi connectivity index (χ0) is 33.4. The molecule has 6 aromatic rings. The fraction of sp³-hybridized carbons (Fsp3) is 0. The predicted molar refractivity (Wildman–Crippen MR) is 194 cm³/mol. The molecule has 53 heavy (non-hydrogen) atoms. The van der Waals surface area contributed by atoms with Crippen molar-refractivity contribution in [2.24, 2.45) is 0 Å². The smallest absolute Gasteiger partial charge is 0.744 e. The average molecular weight is 824 g/mol. The van der Waals surface area contributed by atoms with E-state index in [-0.39, 0.29) is 59.4 Å². The molecule has 291 valence electrons. The van der Waals surface area contributed by atoms with Crippen molar-refractivity contribution in [2.45, 2.75) is 9.79 Å². The third-order valence-corrected chi connectivity index (χ3v) is 7.42. The summed E-state index contributed by atoms with van der Waals surface area (Å²) in [5.74, 6) is 0. The monoisotopic (exact) mass is 823 g/mol. The maximum atomic E-state index is 10.3. The quantitative estimate of drug-likeness (QED) is 0.171. The van der Waals surface area contributed by atoms with E-state index in [1.54, 1.807) is 49.6 Å². The topological polar surface area (TPSA) is 407 Å². The molecule has 16 N–H and O–H groups in total. The number of benzene rings is 2. The van der Waals surface area contributed by atoms with Gasteiger partial charge in [-0.2, -0.15) is 0 Å². The molecule has 0 aliphatic rings. The molecule has 2 aromatic carbocycles. The normalized spacial score (nSPS) is 9.09. The number of nitrogen functional groups attached to an aromatic ring is 2. The van der Waals surface area contributed by atoms with Crippen molar-refractivity contribution in [3.8, 4) is 22.3 Å². The summed E-state index contributed by atoms with van der Waals surface area (Å²) in [5.41, 5.74) is 16.1. The maximum absolute atomic E-state index is 10.3. The molecule has 0 aliphatic carbocycles. The van der Waals surface area contributed by atoms with Gasteiger partial charge in [-0.25, -0.2) is 16.8 Å². The Morgan fingerprint density at radius 2 is 0.528 bits per heavy atom. The average Bonchev–Trinajstić information content (AvgIpc) is 3.07. The van der Waals surface area contributed by atoms with E-state index >= 15 is 0 Å². The molecule has 0 unspecified atom stereocenters. The van der Waals surface area contributed by atoms with Gasteiger partial charge in [0.1, 0.15) is 20.2 Å². The first kappa shape index (κ1) is 57.1. The van der Waals surface area contributed by atoms with Crippen molar-refractivity contribution in [2.75, 3.05) is 11.5 Å². The summed E-state index contributed by atoms with van der Waals surface area (Å²) in [6.45, 7) is 0. The number of hydrogen-bond acceptors (Lipinski definition) is 12. The number of hydrogen-bond donors (Lipinski definition) is 2. The SMILES string of the molecule is Nc1ccc(S(=O)(=O)[O-])cc1.Nc1ccc(S(=O)(=O)[O-])cc1.O.O.O.O.O.O.[Co+2].c1cc(-c2ccncc2)ccn1.c1cc(-c2ccncc2)ccn1. The van der Waals surface area contributed by atoms with E-state index in [1.807, 2.05) is 48.5 Å². The van der Waals surface area contributed by atoms with Crippen molar-refractivity contribution >= 4 is 31.6 Å². The second kappa shape index (κ2) is 28.3. The Morgan fingerprint density at radius 1 is 0.358 bits per heavy atom. The molecule has 0 amide bonds. The molecular weight excluding hydrogens is 783 g/mol. The van der Waals surface area contributed by atoms with Gasteiger partial charge in [-0.3, -0.25) is 19.9 Å². The first-order chi connectivity index (χ1) is 21.9. The van der Waals surface area contributed by atoms with Gasteiger partial charge < -0.3 is 53.4 Å². The van der Waals surface area contributed by atoms with E-state index in [0.717, 1.165) is 0 Å². The summed E-state index contributed by atoms with van der Waals surface area (Å²) in [7, 11) is -8.65. The van der Waals surface area contributed by atoms with Crippen LogP contribution in [0.1, 0.15) is 0 Å². The third kappa shape index (κ3) is 21.0. The molecule has 4 heterocycles. The minimum absolute atomic E-state index is 0. The molecule has 0 fully saturated rings. The molecule has 6 rings (SSSR count). The Hall–Kier alpha value is -5.27. The van der Waals surface area contributed by atoms with Crippen LogP contribution in [0.15, 0.2) is 156 Å². The summed E-state index contributed by atoms with van der Waals surface area (Å²) >= 11 is 0. The number of nitrogens with two attached hydrogens (primary N) is 2. The molecule has 0 atom stereocenters. The Bertz CT molecular complexity index is 1770. The molecule has 0 saturated heterocycles. The summed E-state index contributed by atoms with van der Waals surface area (Å²) in [6.07, 6.45) is 14.3. The van der Waals surface area contributed by atoms with Crippen LogP contribution in [0.2, 0.25) is 0 Å². The molecule has 18 nitrogen and oxygen atoms in total. The Balaban J connectivity index is -0.000000185. The Morgan fingerprint density at radius 3 is 0.679 bits per heavy atom. The van der Waals surface area contributed by atoms with Crippen LogP contribution in [-0.2, 0) is 37.0 Å². The van der Waals surface area contributed by atoms with Gasteiger partial charge in [0.05, 0.1) is 9.79 Å². The van der Waals surface area contributed by atoms with Crippen molar-refractivity contribution < 1.29 is 75.6 Å². The van der Waals surface area contributed by atoms with Crippen molar-refractivity contribution in [1.29, 1.82) is 0 Å². The van der Waals surface area contributed by atoms with E-state index in [4.69, 9.17) is 11.5 Å². The van der Waals surface area contributed by atoms with Crippen LogP contribution in [0.25, 0.3) is 22.3 Å². The van der Waals surface area contributed by atoms with Gasteiger partial charge in [0, 0.05) is 60.9 Å². The first-order valence-electron chi connectivity index (χ1n) is 13.2. The molecule has 21 heteroatoms. The number of rotatable bonds is 4. The second-order valence-corrected chi connectivity index (χ2v) is 11.7. The van der Waals surface area contributed by atoms with Gasteiger partial charge in [-0.15, -0.1) is 0 Å². The first-order valence-corrected chi connectivity index (χ1v) is 16.0. The zero-order valence-electron chi connectivity index (χ0n) is 27.4. The number of nitrogens with zero attached hydrogens (tertiary/aromatic N) is 4. The van der Waals surface area contributed by atoms with Crippen LogP contribution < -0.4 is 11.5 Å². The fourth-order valence-corrected chi connectivity index (χ4v) is 4.39. The largest absolute Gasteiger partial charge is 2.00 e. The number of aromatic nitrogens is 4. The minimum Gasteiger partial charge on any atom is -0.744 e. The van der Waals surface area contributed by atoms with Gasteiger partial charge in [0.2, 0.25) is 0 Å². The Labute approximate surface area is 316 Å².